The molecule has 0 fully saturated rings. The summed E-state index contributed by atoms with van der Waals surface area (Å²) in [5, 5.41) is 0.478. The van der Waals surface area contributed by atoms with E-state index in [4.69, 9.17) is 11.6 Å². The number of benzene rings is 1. The molecular formula is C8H5ClN2S. The highest BCUT2D eigenvalue weighted by atomic mass is 35.5. The van der Waals surface area contributed by atoms with Crippen LogP contribution in [-0.4, -0.2) is 8.75 Å². The molecule has 0 atom stereocenters. The van der Waals surface area contributed by atoms with Crippen molar-refractivity contribution in [3.63, 3.8) is 0 Å². The van der Waals surface area contributed by atoms with Crippen LogP contribution in [0.5, 0.6) is 0 Å². The highest BCUT2D eigenvalue weighted by Crippen LogP contribution is 2.24. The third-order valence-electron chi connectivity index (χ3n) is 1.50. The molecule has 0 aliphatic rings. The Morgan fingerprint density at radius 1 is 1.08 bits per heavy atom. The molecule has 4 heteroatoms. The Balaban J connectivity index is 2.51. The molecule has 1 aromatic carbocycles. The Morgan fingerprint density at radius 3 is 2.42 bits per heavy atom. The minimum Gasteiger partial charge on any atom is -0.171 e. The van der Waals surface area contributed by atoms with Gasteiger partial charge in [-0.15, -0.1) is 0 Å². The summed E-state index contributed by atoms with van der Waals surface area (Å²) in [6.45, 7) is 0. The van der Waals surface area contributed by atoms with Crippen LogP contribution in [0.2, 0.25) is 5.15 Å². The summed E-state index contributed by atoms with van der Waals surface area (Å²) in [7, 11) is 0. The molecule has 0 amide bonds. The van der Waals surface area contributed by atoms with Crippen molar-refractivity contribution in [3.8, 4) is 11.3 Å². The lowest BCUT2D eigenvalue weighted by Crippen LogP contribution is -1.75. The van der Waals surface area contributed by atoms with Crippen molar-refractivity contribution in [2.75, 3.05) is 0 Å². The van der Waals surface area contributed by atoms with E-state index >= 15 is 0 Å². The summed E-state index contributed by atoms with van der Waals surface area (Å²) in [6.07, 6.45) is 0. The summed E-state index contributed by atoms with van der Waals surface area (Å²) in [5.41, 5.74) is 1.78. The second kappa shape index (κ2) is 3.21. The first-order valence-corrected chi connectivity index (χ1v) is 4.52. The molecular weight excluding hydrogens is 192 g/mol. The van der Waals surface area contributed by atoms with Crippen molar-refractivity contribution in [1.82, 2.24) is 8.75 Å². The van der Waals surface area contributed by atoms with Crippen LogP contribution in [0.3, 0.4) is 0 Å². The molecule has 0 radical (unpaired) electrons. The summed E-state index contributed by atoms with van der Waals surface area (Å²) < 4.78 is 7.97. The maximum absolute atomic E-state index is 5.81. The molecule has 2 aromatic rings. The molecule has 0 saturated carbocycles. The molecule has 12 heavy (non-hydrogen) atoms. The van der Waals surface area contributed by atoms with Gasteiger partial charge in [0, 0.05) is 5.56 Å². The van der Waals surface area contributed by atoms with Crippen molar-refractivity contribution in [1.29, 1.82) is 0 Å². The normalized spacial score (nSPS) is 10.1. The van der Waals surface area contributed by atoms with Gasteiger partial charge in [0.05, 0.1) is 11.7 Å². The third-order valence-corrected chi connectivity index (χ3v) is 2.39. The zero-order valence-corrected chi connectivity index (χ0v) is 7.64. The van der Waals surface area contributed by atoms with Gasteiger partial charge >= 0.3 is 0 Å². The summed E-state index contributed by atoms with van der Waals surface area (Å²) in [4.78, 5) is 0. The highest BCUT2D eigenvalue weighted by molar-refractivity contribution is 6.99. The molecule has 0 aliphatic heterocycles. The molecule has 60 valence electrons. The monoisotopic (exact) mass is 196 g/mol. The molecule has 1 heterocycles. The van der Waals surface area contributed by atoms with Gasteiger partial charge in [-0.25, -0.2) is 0 Å². The standard InChI is InChI=1S/C8H5ClN2S/c9-8-7(10-12-11-8)6-4-2-1-3-5-6/h1-5H. The van der Waals surface area contributed by atoms with Gasteiger partial charge in [-0.05, 0) is 0 Å². The lowest BCUT2D eigenvalue weighted by atomic mass is 10.2. The number of rotatable bonds is 1. The van der Waals surface area contributed by atoms with Crippen molar-refractivity contribution in [2.24, 2.45) is 0 Å². The van der Waals surface area contributed by atoms with Crippen LogP contribution < -0.4 is 0 Å². The Bertz CT molecular complexity index is 372. The van der Waals surface area contributed by atoms with Crippen LogP contribution in [0, 0.1) is 0 Å². The van der Waals surface area contributed by atoms with E-state index in [1.165, 1.54) is 0 Å². The zero-order valence-electron chi connectivity index (χ0n) is 6.07. The van der Waals surface area contributed by atoms with Gasteiger partial charge in [0.1, 0.15) is 5.69 Å². The van der Waals surface area contributed by atoms with Crippen LogP contribution in [0.1, 0.15) is 0 Å². The van der Waals surface area contributed by atoms with Crippen LogP contribution in [0.15, 0.2) is 30.3 Å². The molecule has 1 aromatic heterocycles. The smallest absolute Gasteiger partial charge is 0.170 e. The summed E-state index contributed by atoms with van der Waals surface area (Å²) in [5.74, 6) is 0. The fourth-order valence-corrected chi connectivity index (χ4v) is 1.71. The van der Waals surface area contributed by atoms with E-state index in [0.717, 1.165) is 23.0 Å². The minimum atomic E-state index is 0.478. The molecule has 0 N–H and O–H groups in total. The topological polar surface area (TPSA) is 25.8 Å². The van der Waals surface area contributed by atoms with Crippen molar-refractivity contribution >= 4 is 23.3 Å². The average molecular weight is 197 g/mol. The first-order valence-electron chi connectivity index (χ1n) is 3.41. The number of nitrogens with zero attached hydrogens (tertiary/aromatic N) is 2. The van der Waals surface area contributed by atoms with E-state index in [2.05, 4.69) is 8.75 Å². The van der Waals surface area contributed by atoms with Gasteiger partial charge in [0.2, 0.25) is 0 Å². The van der Waals surface area contributed by atoms with Gasteiger partial charge in [0.15, 0.2) is 5.15 Å². The number of hydrogen-bond donors (Lipinski definition) is 0. The van der Waals surface area contributed by atoms with E-state index in [0.29, 0.717) is 5.15 Å². The first-order chi connectivity index (χ1) is 5.88. The second-order valence-electron chi connectivity index (χ2n) is 2.27. The molecule has 0 saturated heterocycles. The molecule has 2 rings (SSSR count). The molecule has 0 aliphatic carbocycles. The number of hydrogen-bond acceptors (Lipinski definition) is 3. The summed E-state index contributed by atoms with van der Waals surface area (Å²) >= 11 is 6.94. The quantitative estimate of drug-likeness (QED) is 0.701. The van der Waals surface area contributed by atoms with E-state index < -0.39 is 0 Å². The molecule has 0 bridgehead atoms. The van der Waals surface area contributed by atoms with E-state index in [-0.39, 0.29) is 0 Å². The maximum atomic E-state index is 5.81. The fourth-order valence-electron chi connectivity index (χ4n) is 0.946. The lowest BCUT2D eigenvalue weighted by molar-refractivity contribution is 1.49. The van der Waals surface area contributed by atoms with E-state index in [1.54, 1.807) is 0 Å². The van der Waals surface area contributed by atoms with Crippen molar-refractivity contribution < 1.29 is 0 Å². The Hall–Kier alpha value is -0.930. The summed E-state index contributed by atoms with van der Waals surface area (Å²) in [6, 6.07) is 9.78. The number of aromatic nitrogens is 2. The van der Waals surface area contributed by atoms with Crippen LogP contribution >= 0.6 is 23.3 Å². The number of halogens is 1. The van der Waals surface area contributed by atoms with Crippen molar-refractivity contribution in [3.05, 3.63) is 35.5 Å². The van der Waals surface area contributed by atoms with E-state index in [1.807, 2.05) is 30.3 Å². The minimum absolute atomic E-state index is 0.478. The lowest BCUT2D eigenvalue weighted by Gasteiger charge is -1.93. The van der Waals surface area contributed by atoms with Gasteiger partial charge in [-0.3, -0.25) is 0 Å². The average Bonchev–Trinajstić information content (AvgIpc) is 2.53. The van der Waals surface area contributed by atoms with Crippen LogP contribution in [0.4, 0.5) is 0 Å². The molecule has 0 unspecified atom stereocenters. The Labute approximate surface area is 79.2 Å². The molecule has 0 spiro atoms. The predicted octanol–water partition coefficient (Wildman–Crippen LogP) is 2.86. The maximum Gasteiger partial charge on any atom is 0.170 e. The van der Waals surface area contributed by atoms with E-state index in [9.17, 15) is 0 Å². The van der Waals surface area contributed by atoms with Gasteiger partial charge in [-0.1, -0.05) is 41.9 Å². The highest BCUT2D eigenvalue weighted by Gasteiger charge is 2.06. The third kappa shape index (κ3) is 1.33. The van der Waals surface area contributed by atoms with Crippen molar-refractivity contribution in [2.45, 2.75) is 0 Å². The largest absolute Gasteiger partial charge is 0.171 e. The zero-order chi connectivity index (χ0) is 8.39. The van der Waals surface area contributed by atoms with Gasteiger partial charge in [0.25, 0.3) is 0 Å². The Morgan fingerprint density at radius 2 is 1.83 bits per heavy atom. The second-order valence-corrected chi connectivity index (χ2v) is 3.16. The Kier molecular flexibility index (Phi) is 2.06. The van der Waals surface area contributed by atoms with Crippen LogP contribution in [0.25, 0.3) is 11.3 Å². The first kappa shape index (κ1) is 7.71. The van der Waals surface area contributed by atoms with Gasteiger partial charge in [-0.2, -0.15) is 8.75 Å². The SMILES string of the molecule is Clc1nsnc1-c1ccccc1. The van der Waals surface area contributed by atoms with Gasteiger partial charge < -0.3 is 0 Å². The fraction of sp³-hybridized carbons (Fsp3) is 0. The molecule has 2 nitrogen and oxygen atoms in total. The van der Waals surface area contributed by atoms with Crippen LogP contribution in [-0.2, 0) is 0 Å². The predicted molar refractivity (Wildman–Crippen MR) is 50.4 cm³/mol.